The summed E-state index contributed by atoms with van der Waals surface area (Å²) in [5.41, 5.74) is 3.73. The normalized spacial score (nSPS) is 49.8. The van der Waals surface area contributed by atoms with Gasteiger partial charge in [-0.05, 0) is 47.9 Å². The molecule has 1 saturated heterocycles. The minimum atomic E-state index is -2.43. The van der Waals surface area contributed by atoms with Crippen molar-refractivity contribution in [3.8, 4) is 0 Å². The van der Waals surface area contributed by atoms with Crippen molar-refractivity contribution in [3.63, 3.8) is 0 Å². The molecule has 1 fully saturated rings. The molecule has 3 nitrogen and oxygen atoms in total. The van der Waals surface area contributed by atoms with Crippen molar-refractivity contribution in [2.45, 2.75) is 30.8 Å². The van der Waals surface area contributed by atoms with Crippen LogP contribution < -0.4 is 0 Å². The van der Waals surface area contributed by atoms with E-state index in [-0.39, 0.29) is 5.66 Å². The summed E-state index contributed by atoms with van der Waals surface area (Å²) < 4.78 is 17.8. The van der Waals surface area contributed by atoms with Crippen molar-refractivity contribution < 1.29 is 4.57 Å². The van der Waals surface area contributed by atoms with Crippen molar-refractivity contribution in [2.75, 3.05) is 28.2 Å². The maximum atomic E-state index is 13.5. The van der Waals surface area contributed by atoms with Gasteiger partial charge in [0, 0.05) is 29.1 Å². The largest absolute Gasteiger partial charge is 0.302 e. The molecule has 0 amide bonds. The van der Waals surface area contributed by atoms with Gasteiger partial charge in [0.1, 0.15) is 0 Å². The standard InChI is InChI=1S/C14H24N2OP2S/c1-9-7-11-14-12(13(9)19(11,20)16(5)6)10(2)8-18(14,17)15(3)4/h7-8,11-14H,1-6H3/t11-,12-,13+,14+,18?,19?/m0/s1. The molecule has 3 aliphatic rings. The first-order chi connectivity index (χ1) is 9.15. The highest BCUT2D eigenvalue weighted by Crippen LogP contribution is 2.82. The van der Waals surface area contributed by atoms with Gasteiger partial charge in [-0.2, -0.15) is 0 Å². The van der Waals surface area contributed by atoms with E-state index < -0.39 is 13.5 Å². The number of rotatable bonds is 2. The summed E-state index contributed by atoms with van der Waals surface area (Å²) in [4.78, 5) is 0. The van der Waals surface area contributed by atoms with Crippen LogP contribution in [-0.4, -0.2) is 54.5 Å². The van der Waals surface area contributed by atoms with E-state index in [2.05, 4.69) is 44.5 Å². The Balaban J connectivity index is 2.20. The molecule has 112 valence electrons. The third kappa shape index (κ3) is 1.55. The first-order valence-electron chi connectivity index (χ1n) is 7.07. The summed E-state index contributed by atoms with van der Waals surface area (Å²) >= 11 is 6.19. The lowest BCUT2D eigenvalue weighted by Crippen LogP contribution is -2.31. The lowest BCUT2D eigenvalue weighted by molar-refractivity contribution is 0.493. The van der Waals surface area contributed by atoms with Crippen LogP contribution in [-0.2, 0) is 16.4 Å². The van der Waals surface area contributed by atoms with E-state index >= 15 is 0 Å². The Hall–Kier alpha value is 0.280. The molecule has 6 atom stereocenters. The van der Waals surface area contributed by atoms with E-state index in [1.807, 2.05) is 18.8 Å². The van der Waals surface area contributed by atoms with Gasteiger partial charge in [0.25, 0.3) is 0 Å². The van der Waals surface area contributed by atoms with E-state index in [4.69, 9.17) is 11.8 Å². The van der Waals surface area contributed by atoms with Gasteiger partial charge in [-0.1, -0.05) is 29.0 Å². The Kier molecular flexibility index (Phi) is 3.34. The average Bonchev–Trinajstić information content (AvgIpc) is 2.85. The first kappa shape index (κ1) is 15.2. The molecule has 3 heterocycles. The Morgan fingerprint density at radius 3 is 2.20 bits per heavy atom. The van der Waals surface area contributed by atoms with E-state index in [9.17, 15) is 4.57 Å². The van der Waals surface area contributed by atoms with E-state index in [1.54, 1.807) is 0 Å². The number of hydrogen-bond donors (Lipinski definition) is 0. The highest BCUT2D eigenvalue weighted by atomic mass is 32.4. The zero-order chi connectivity index (χ0) is 15.0. The third-order valence-electron chi connectivity index (χ3n) is 5.38. The van der Waals surface area contributed by atoms with Gasteiger partial charge in [0.2, 0.25) is 0 Å². The summed E-state index contributed by atoms with van der Waals surface area (Å²) in [6.07, 6.45) is 0.687. The highest BCUT2D eigenvalue weighted by molar-refractivity contribution is 8.14. The fraction of sp³-hybridized carbons (Fsp3) is 0.714. The highest BCUT2D eigenvalue weighted by Gasteiger charge is 2.66. The predicted molar refractivity (Wildman–Crippen MR) is 91.6 cm³/mol. The Morgan fingerprint density at radius 1 is 1.10 bits per heavy atom. The lowest BCUT2D eigenvalue weighted by Gasteiger charge is -2.33. The second kappa shape index (κ2) is 4.40. The van der Waals surface area contributed by atoms with Crippen molar-refractivity contribution in [1.82, 2.24) is 9.34 Å². The molecule has 6 heteroatoms. The monoisotopic (exact) mass is 330 g/mol. The fourth-order valence-electron chi connectivity index (χ4n) is 4.51. The van der Waals surface area contributed by atoms with Crippen molar-refractivity contribution in [1.29, 1.82) is 0 Å². The zero-order valence-electron chi connectivity index (χ0n) is 13.1. The summed E-state index contributed by atoms with van der Waals surface area (Å²) in [6, 6.07) is 0. The van der Waals surface area contributed by atoms with Crippen LogP contribution in [0.2, 0.25) is 0 Å². The van der Waals surface area contributed by atoms with Gasteiger partial charge in [0.15, 0.2) is 7.29 Å². The summed E-state index contributed by atoms with van der Waals surface area (Å²) in [7, 11) is 5.71. The molecule has 2 bridgehead atoms. The molecular weight excluding hydrogens is 306 g/mol. The molecule has 3 rings (SSSR count). The number of allylic oxidation sites excluding steroid dienone is 3. The molecule has 3 aliphatic heterocycles. The fourth-order valence-corrected chi connectivity index (χ4v) is 14.7. The van der Waals surface area contributed by atoms with Crippen molar-refractivity contribution >= 4 is 25.3 Å². The van der Waals surface area contributed by atoms with Crippen LogP contribution in [0.4, 0.5) is 0 Å². The first-order valence-corrected chi connectivity index (χ1v) is 11.8. The molecule has 0 aromatic carbocycles. The molecule has 0 radical (unpaired) electrons. The van der Waals surface area contributed by atoms with Gasteiger partial charge < -0.3 is 4.57 Å². The number of hydrogen-bond acceptors (Lipinski definition) is 2. The molecular formula is C14H24N2OP2S. The van der Waals surface area contributed by atoms with Crippen LogP contribution in [0.15, 0.2) is 23.0 Å². The van der Waals surface area contributed by atoms with E-state index in [1.165, 1.54) is 11.1 Å². The molecule has 0 aromatic heterocycles. The third-order valence-corrected chi connectivity index (χ3v) is 15.6. The van der Waals surface area contributed by atoms with Crippen LogP contribution in [0.3, 0.4) is 0 Å². The van der Waals surface area contributed by atoms with E-state index in [0.29, 0.717) is 17.2 Å². The number of fused-ring (bicyclic) bond motifs is 5. The Bertz CT molecular complexity index is 623. The zero-order valence-corrected chi connectivity index (χ0v) is 15.7. The van der Waals surface area contributed by atoms with Crippen LogP contribution in [0.25, 0.3) is 0 Å². The van der Waals surface area contributed by atoms with Crippen molar-refractivity contribution in [2.24, 2.45) is 5.92 Å². The second-order valence-electron chi connectivity index (χ2n) is 6.77. The average molecular weight is 330 g/mol. The Morgan fingerprint density at radius 2 is 1.70 bits per heavy atom. The molecule has 2 unspecified atom stereocenters. The van der Waals surface area contributed by atoms with Crippen LogP contribution in [0.1, 0.15) is 13.8 Å². The van der Waals surface area contributed by atoms with Crippen LogP contribution >= 0.6 is 13.5 Å². The summed E-state index contributed by atoms with van der Waals surface area (Å²) in [5, 5.41) is 0. The second-order valence-corrected chi connectivity index (χ2v) is 14.8. The van der Waals surface area contributed by atoms with Crippen LogP contribution in [0.5, 0.6) is 0 Å². The lowest BCUT2D eigenvalue weighted by atomic mass is 9.85. The van der Waals surface area contributed by atoms with Crippen molar-refractivity contribution in [3.05, 3.63) is 23.0 Å². The molecule has 20 heavy (non-hydrogen) atoms. The topological polar surface area (TPSA) is 23.6 Å². The van der Waals surface area contributed by atoms with Gasteiger partial charge in [-0.25, -0.2) is 0 Å². The SMILES string of the molecule is CC1=CP(=O)(N(C)C)[C@H]2[C@@H]1[C@H]1C(C)=C[C@@H]2P1(=S)N(C)C. The number of nitrogens with zero attached hydrogens (tertiary/aromatic N) is 2. The maximum Gasteiger partial charge on any atom is 0.175 e. The summed E-state index contributed by atoms with van der Waals surface area (Å²) in [6.45, 7) is 4.38. The summed E-state index contributed by atoms with van der Waals surface area (Å²) in [5.74, 6) is 2.48. The molecule has 0 spiro atoms. The van der Waals surface area contributed by atoms with Crippen LogP contribution in [0, 0.1) is 5.92 Å². The minimum absolute atomic E-state index is 0.222. The molecule has 0 saturated carbocycles. The molecule has 0 aromatic rings. The minimum Gasteiger partial charge on any atom is -0.302 e. The van der Waals surface area contributed by atoms with Gasteiger partial charge in [-0.3, -0.25) is 9.34 Å². The Labute approximate surface area is 127 Å². The van der Waals surface area contributed by atoms with Gasteiger partial charge in [0.05, 0.1) is 0 Å². The van der Waals surface area contributed by atoms with E-state index in [0.717, 1.165) is 0 Å². The molecule has 0 aliphatic carbocycles. The predicted octanol–water partition coefficient (Wildman–Crippen LogP) is 3.40. The quantitative estimate of drug-likeness (QED) is 0.572. The smallest absolute Gasteiger partial charge is 0.175 e. The van der Waals surface area contributed by atoms with Gasteiger partial charge in [-0.15, -0.1) is 0 Å². The van der Waals surface area contributed by atoms with Gasteiger partial charge >= 0.3 is 0 Å². The molecule has 0 N–H and O–H groups in total. The maximum absolute atomic E-state index is 13.5.